The molecule has 5 aliphatic carbocycles. The Balaban J connectivity index is 1.63. The molecular weight excluding hydrogens is 305 g/mol. The van der Waals surface area contributed by atoms with E-state index in [1.54, 1.807) is 0 Å². The second kappa shape index (κ2) is 4.20. The van der Waals surface area contributed by atoms with Crippen molar-refractivity contribution in [3.05, 3.63) is 23.4 Å². The highest BCUT2D eigenvalue weighted by Gasteiger charge is 2.67. The summed E-state index contributed by atoms with van der Waals surface area (Å²) >= 11 is 0. The number of carbonyl (C=O) groups is 2. The molecule has 8 atom stereocenters. The number of hydrogen-bond acceptors (Lipinski definition) is 3. The number of halogens is 1. The number of alkyl halides is 1. The summed E-state index contributed by atoms with van der Waals surface area (Å²) in [6.45, 7) is 4.23. The first-order chi connectivity index (χ1) is 11.3. The van der Waals surface area contributed by atoms with Gasteiger partial charge in [0.1, 0.15) is 0 Å². The lowest BCUT2D eigenvalue weighted by Gasteiger charge is -2.54. The lowest BCUT2D eigenvalue weighted by Crippen LogP contribution is -2.51. The van der Waals surface area contributed by atoms with Gasteiger partial charge in [-0.3, -0.25) is 9.59 Å². The minimum Gasteiger partial charge on any atom is -0.396 e. The van der Waals surface area contributed by atoms with Crippen LogP contribution in [0.3, 0.4) is 0 Å². The van der Waals surface area contributed by atoms with Crippen LogP contribution in [0.2, 0.25) is 0 Å². The molecule has 3 nitrogen and oxygen atoms in total. The zero-order valence-corrected chi connectivity index (χ0v) is 14.2. The van der Waals surface area contributed by atoms with Crippen molar-refractivity contribution in [1.82, 2.24) is 0 Å². The fourth-order valence-electron chi connectivity index (χ4n) is 6.84. The Morgan fingerprint density at radius 1 is 1.17 bits per heavy atom. The van der Waals surface area contributed by atoms with Crippen molar-refractivity contribution in [1.29, 1.82) is 0 Å². The molecule has 0 aromatic heterocycles. The van der Waals surface area contributed by atoms with Crippen molar-refractivity contribution in [2.24, 2.45) is 46.2 Å². The molecule has 1 unspecified atom stereocenters. The molecule has 5 rings (SSSR count). The lowest BCUT2D eigenvalue weighted by molar-refractivity contribution is -0.133. The number of rotatable bonds is 0. The first-order valence-electron chi connectivity index (χ1n) is 9.21. The van der Waals surface area contributed by atoms with Crippen LogP contribution in [0.4, 0.5) is 4.39 Å². The predicted molar refractivity (Wildman–Crippen MR) is 87.4 cm³/mol. The molecule has 0 aromatic carbocycles. The second-order valence-corrected chi connectivity index (χ2v) is 9.10. The Morgan fingerprint density at radius 2 is 1.92 bits per heavy atom. The van der Waals surface area contributed by atoms with Gasteiger partial charge in [0.05, 0.1) is 5.70 Å². The number of ketones is 2. The van der Waals surface area contributed by atoms with Crippen LogP contribution in [0.1, 0.15) is 39.5 Å². The van der Waals surface area contributed by atoms with Crippen LogP contribution in [0.25, 0.3) is 0 Å². The molecule has 2 N–H and O–H groups in total. The van der Waals surface area contributed by atoms with Crippen LogP contribution < -0.4 is 5.73 Å². The van der Waals surface area contributed by atoms with E-state index >= 15 is 0 Å². The molecule has 0 amide bonds. The van der Waals surface area contributed by atoms with E-state index < -0.39 is 11.6 Å². The third-order valence-corrected chi connectivity index (χ3v) is 8.32. The third-order valence-electron chi connectivity index (χ3n) is 8.32. The zero-order chi connectivity index (χ0) is 17.0. The fourth-order valence-corrected chi connectivity index (χ4v) is 6.84. The van der Waals surface area contributed by atoms with Crippen molar-refractivity contribution in [2.45, 2.75) is 45.7 Å². The van der Waals surface area contributed by atoms with Crippen LogP contribution in [-0.4, -0.2) is 17.7 Å². The van der Waals surface area contributed by atoms with Gasteiger partial charge in [0, 0.05) is 16.7 Å². The molecule has 0 bridgehead atoms. The molecule has 0 heterocycles. The van der Waals surface area contributed by atoms with E-state index in [0.717, 1.165) is 24.8 Å². The van der Waals surface area contributed by atoms with E-state index in [4.69, 9.17) is 5.73 Å². The molecule has 0 radical (unpaired) electrons. The van der Waals surface area contributed by atoms with Crippen LogP contribution >= 0.6 is 0 Å². The summed E-state index contributed by atoms with van der Waals surface area (Å²) < 4.78 is 14.2. The summed E-state index contributed by atoms with van der Waals surface area (Å²) in [6, 6.07) is 0. The third kappa shape index (κ3) is 1.45. The van der Waals surface area contributed by atoms with Crippen molar-refractivity contribution in [3.63, 3.8) is 0 Å². The van der Waals surface area contributed by atoms with Gasteiger partial charge in [-0.05, 0) is 54.9 Å². The van der Waals surface area contributed by atoms with Gasteiger partial charge in [-0.2, -0.15) is 0 Å². The standard InChI is InChI=1S/C20H24FNO2/c1-19-6-5-11-9(13(19)8-15(21)18(19)24)3-4-12-16(22)17(23)10-7-14(10)20(11,12)2/h3-4,9-11,13-15H,5-8,22H2,1-2H3/t9-,10+,11+,13+,14?,15-,19+,20-/m1/s1. The highest BCUT2D eigenvalue weighted by atomic mass is 19.1. The minimum absolute atomic E-state index is 0.0825. The van der Waals surface area contributed by atoms with Gasteiger partial charge >= 0.3 is 0 Å². The van der Waals surface area contributed by atoms with Crippen LogP contribution in [-0.2, 0) is 9.59 Å². The Labute approximate surface area is 141 Å². The SMILES string of the molecule is C[C@]12CC[C@H]3[C@@H](C=CC4=C(N)C(=O)[C@H]5CC5[C@@]43C)[C@@H]1C[C@@H](F)C2=O. The summed E-state index contributed by atoms with van der Waals surface area (Å²) in [6.07, 6.45) is 5.85. The predicted octanol–water partition coefficient (Wildman–Crippen LogP) is 2.95. The average Bonchev–Trinajstić information content (AvgIpc) is 3.32. The van der Waals surface area contributed by atoms with Crippen LogP contribution in [0, 0.1) is 40.4 Å². The van der Waals surface area contributed by atoms with Gasteiger partial charge in [-0.25, -0.2) is 4.39 Å². The number of nitrogens with two attached hydrogens (primary N) is 1. The smallest absolute Gasteiger partial charge is 0.182 e. The molecule has 4 heteroatoms. The van der Waals surface area contributed by atoms with E-state index in [-0.39, 0.29) is 34.7 Å². The first kappa shape index (κ1) is 14.9. The number of hydrogen-bond donors (Lipinski definition) is 1. The van der Waals surface area contributed by atoms with Crippen LogP contribution in [0.15, 0.2) is 23.4 Å². The van der Waals surface area contributed by atoms with Crippen LogP contribution in [0.5, 0.6) is 0 Å². The molecule has 128 valence electrons. The Kier molecular flexibility index (Phi) is 2.60. The summed E-state index contributed by atoms with van der Waals surface area (Å²) in [5.74, 6) is 1.10. The average molecular weight is 329 g/mol. The molecular formula is C20H24FNO2. The monoisotopic (exact) mass is 329 g/mol. The molecule has 24 heavy (non-hydrogen) atoms. The van der Waals surface area contributed by atoms with Crippen molar-refractivity contribution < 1.29 is 14.0 Å². The minimum atomic E-state index is -1.30. The summed E-state index contributed by atoms with van der Waals surface area (Å²) in [7, 11) is 0. The van der Waals surface area contributed by atoms with Crippen molar-refractivity contribution in [3.8, 4) is 0 Å². The number of carbonyl (C=O) groups excluding carboxylic acids is 2. The van der Waals surface area contributed by atoms with Gasteiger partial charge in [0.15, 0.2) is 17.7 Å². The highest BCUT2D eigenvalue weighted by Crippen LogP contribution is 2.69. The maximum atomic E-state index is 14.2. The lowest BCUT2D eigenvalue weighted by atomic mass is 9.49. The largest absolute Gasteiger partial charge is 0.396 e. The number of Topliss-reactive ketones (excluding diaryl/α,β-unsaturated/α-hetero) is 2. The Morgan fingerprint density at radius 3 is 2.67 bits per heavy atom. The van der Waals surface area contributed by atoms with Gasteiger partial charge in [-0.1, -0.05) is 26.0 Å². The van der Waals surface area contributed by atoms with E-state index in [9.17, 15) is 14.0 Å². The van der Waals surface area contributed by atoms with E-state index in [1.165, 1.54) is 0 Å². The van der Waals surface area contributed by atoms with Gasteiger partial charge in [-0.15, -0.1) is 0 Å². The van der Waals surface area contributed by atoms with Crippen molar-refractivity contribution in [2.75, 3.05) is 0 Å². The maximum absolute atomic E-state index is 14.2. The van der Waals surface area contributed by atoms with E-state index in [1.807, 2.05) is 13.0 Å². The van der Waals surface area contributed by atoms with E-state index in [2.05, 4.69) is 13.0 Å². The highest BCUT2D eigenvalue weighted by molar-refractivity contribution is 6.01. The van der Waals surface area contributed by atoms with Gasteiger partial charge in [0.25, 0.3) is 0 Å². The quantitative estimate of drug-likeness (QED) is 0.743. The van der Waals surface area contributed by atoms with Gasteiger partial charge in [0.2, 0.25) is 0 Å². The number of allylic oxidation sites excluding steroid dienone is 4. The molecule has 0 saturated heterocycles. The second-order valence-electron chi connectivity index (χ2n) is 9.10. The Bertz CT molecular complexity index is 740. The summed E-state index contributed by atoms with van der Waals surface area (Å²) in [5, 5.41) is 0. The van der Waals surface area contributed by atoms with E-state index in [0.29, 0.717) is 24.0 Å². The van der Waals surface area contributed by atoms with Gasteiger partial charge < -0.3 is 5.73 Å². The first-order valence-corrected chi connectivity index (χ1v) is 9.21. The zero-order valence-electron chi connectivity index (χ0n) is 14.2. The molecule has 5 aliphatic rings. The maximum Gasteiger partial charge on any atom is 0.182 e. The fraction of sp³-hybridized carbons (Fsp3) is 0.700. The molecule has 0 spiro atoms. The number of fused-ring (bicyclic) bond motifs is 7. The molecule has 3 saturated carbocycles. The molecule has 0 aromatic rings. The summed E-state index contributed by atoms with van der Waals surface area (Å²) in [4.78, 5) is 24.7. The topological polar surface area (TPSA) is 60.2 Å². The Hall–Kier alpha value is -1.45. The normalized spacial score (nSPS) is 55.0. The molecule has 3 fully saturated rings. The summed E-state index contributed by atoms with van der Waals surface area (Å²) in [5.41, 5.74) is 7.06. The molecule has 0 aliphatic heterocycles. The van der Waals surface area contributed by atoms with Crippen molar-refractivity contribution >= 4 is 11.6 Å².